The van der Waals surface area contributed by atoms with Crippen molar-refractivity contribution in [2.24, 2.45) is 0 Å². The molecule has 1 atom stereocenters. The van der Waals surface area contributed by atoms with Crippen LogP contribution in [0.4, 0.5) is 0 Å². The molecule has 1 unspecified atom stereocenters. The molecule has 0 saturated carbocycles. The summed E-state index contributed by atoms with van der Waals surface area (Å²) >= 11 is 0. The van der Waals surface area contributed by atoms with Crippen LogP contribution in [-0.2, 0) is 4.74 Å². The lowest BCUT2D eigenvalue weighted by Gasteiger charge is -2.42. The summed E-state index contributed by atoms with van der Waals surface area (Å²) in [6.45, 7) is 8.10. The first-order valence-corrected chi connectivity index (χ1v) is 5.22. The fourth-order valence-electron chi connectivity index (χ4n) is 1.78. The van der Waals surface area contributed by atoms with Crippen molar-refractivity contribution in [2.45, 2.75) is 25.5 Å². The van der Waals surface area contributed by atoms with Crippen molar-refractivity contribution in [2.75, 3.05) is 39.9 Å². The summed E-state index contributed by atoms with van der Waals surface area (Å²) in [6, 6.07) is 0. The Bertz CT molecular complexity index is 174. The zero-order valence-electron chi connectivity index (χ0n) is 9.42. The maximum atomic E-state index is 9.69. The van der Waals surface area contributed by atoms with Gasteiger partial charge < -0.3 is 15.2 Å². The molecule has 1 saturated heterocycles. The first kappa shape index (κ1) is 11.9. The van der Waals surface area contributed by atoms with Gasteiger partial charge in [-0.2, -0.15) is 0 Å². The Morgan fingerprint density at radius 3 is 2.86 bits per heavy atom. The van der Waals surface area contributed by atoms with Crippen molar-refractivity contribution in [3.8, 4) is 0 Å². The maximum Gasteiger partial charge on any atom is 0.0791 e. The summed E-state index contributed by atoms with van der Waals surface area (Å²) in [5.74, 6) is 0. The van der Waals surface area contributed by atoms with Crippen LogP contribution < -0.4 is 5.32 Å². The van der Waals surface area contributed by atoms with E-state index in [-0.39, 0.29) is 11.6 Å². The number of rotatable bonds is 4. The number of hydrogen-bond acceptors (Lipinski definition) is 4. The molecule has 0 aliphatic carbocycles. The first-order chi connectivity index (χ1) is 6.56. The molecule has 84 valence electrons. The molecule has 1 aliphatic heterocycles. The van der Waals surface area contributed by atoms with Gasteiger partial charge in [-0.1, -0.05) is 0 Å². The fourth-order valence-corrected chi connectivity index (χ4v) is 1.78. The highest BCUT2D eigenvalue weighted by Crippen LogP contribution is 2.18. The summed E-state index contributed by atoms with van der Waals surface area (Å²) in [5.41, 5.74) is 0.0486. The Balaban J connectivity index is 2.41. The Morgan fingerprint density at radius 1 is 1.57 bits per heavy atom. The van der Waals surface area contributed by atoms with Crippen LogP contribution >= 0.6 is 0 Å². The Hall–Kier alpha value is -0.160. The van der Waals surface area contributed by atoms with E-state index in [0.717, 1.165) is 26.3 Å². The van der Waals surface area contributed by atoms with E-state index >= 15 is 0 Å². The van der Waals surface area contributed by atoms with E-state index in [2.05, 4.69) is 24.1 Å². The predicted octanol–water partition coefficient (Wildman–Crippen LogP) is -0.323. The van der Waals surface area contributed by atoms with E-state index in [1.165, 1.54) is 0 Å². The van der Waals surface area contributed by atoms with Crippen molar-refractivity contribution in [3.05, 3.63) is 0 Å². The van der Waals surface area contributed by atoms with Crippen LogP contribution in [0.25, 0.3) is 0 Å². The van der Waals surface area contributed by atoms with Gasteiger partial charge in [-0.15, -0.1) is 0 Å². The second-order valence-electron chi connectivity index (χ2n) is 4.52. The van der Waals surface area contributed by atoms with Crippen LogP contribution in [0.3, 0.4) is 0 Å². The zero-order chi connectivity index (χ0) is 10.6. The van der Waals surface area contributed by atoms with E-state index in [1.807, 2.05) is 7.05 Å². The van der Waals surface area contributed by atoms with Gasteiger partial charge in [0, 0.05) is 25.2 Å². The Labute approximate surface area is 86.2 Å². The van der Waals surface area contributed by atoms with Crippen molar-refractivity contribution < 1.29 is 9.84 Å². The Kier molecular flexibility index (Phi) is 4.31. The summed E-state index contributed by atoms with van der Waals surface area (Å²) in [4.78, 5) is 2.29. The van der Waals surface area contributed by atoms with Crippen molar-refractivity contribution in [1.82, 2.24) is 10.2 Å². The van der Waals surface area contributed by atoms with Gasteiger partial charge in [-0.05, 0) is 20.9 Å². The molecule has 0 aromatic carbocycles. The summed E-state index contributed by atoms with van der Waals surface area (Å²) in [5, 5.41) is 12.7. The lowest BCUT2D eigenvalue weighted by molar-refractivity contribution is -0.0658. The number of β-amino-alcohol motifs (C(OH)–C–C–N with tert-alkyl or cyclic N) is 1. The van der Waals surface area contributed by atoms with Gasteiger partial charge in [0.15, 0.2) is 0 Å². The van der Waals surface area contributed by atoms with Gasteiger partial charge in [-0.25, -0.2) is 0 Å². The third-order valence-corrected chi connectivity index (χ3v) is 2.69. The standard InChI is InChI=1S/C10H22N2O2/c1-10(2)8-14-5-4-12(10)7-9(13)6-11-3/h9,11,13H,4-8H2,1-3H3. The number of nitrogens with zero attached hydrogens (tertiary/aromatic N) is 1. The highest BCUT2D eigenvalue weighted by atomic mass is 16.5. The monoisotopic (exact) mass is 202 g/mol. The van der Waals surface area contributed by atoms with E-state index in [9.17, 15) is 5.11 Å². The number of nitrogens with one attached hydrogen (secondary N) is 1. The molecule has 4 nitrogen and oxygen atoms in total. The third-order valence-electron chi connectivity index (χ3n) is 2.69. The minimum atomic E-state index is -0.294. The number of morpholine rings is 1. The number of aliphatic hydroxyl groups is 1. The number of aliphatic hydroxyl groups excluding tert-OH is 1. The molecule has 0 amide bonds. The minimum absolute atomic E-state index is 0.0486. The van der Waals surface area contributed by atoms with E-state index in [0.29, 0.717) is 6.54 Å². The average Bonchev–Trinajstić information content (AvgIpc) is 2.09. The highest BCUT2D eigenvalue weighted by Gasteiger charge is 2.31. The van der Waals surface area contributed by atoms with Crippen LogP contribution in [-0.4, -0.2) is 61.5 Å². The lowest BCUT2D eigenvalue weighted by atomic mass is 10.0. The smallest absolute Gasteiger partial charge is 0.0791 e. The quantitative estimate of drug-likeness (QED) is 0.656. The maximum absolute atomic E-state index is 9.69. The van der Waals surface area contributed by atoms with Gasteiger partial charge in [0.2, 0.25) is 0 Å². The van der Waals surface area contributed by atoms with Crippen LogP contribution in [0.1, 0.15) is 13.8 Å². The largest absolute Gasteiger partial charge is 0.390 e. The molecule has 0 aromatic rings. The molecule has 1 heterocycles. The van der Waals surface area contributed by atoms with E-state index < -0.39 is 0 Å². The summed E-state index contributed by atoms with van der Waals surface area (Å²) < 4.78 is 5.42. The molecule has 4 heteroatoms. The topological polar surface area (TPSA) is 44.7 Å². The van der Waals surface area contributed by atoms with E-state index in [4.69, 9.17) is 4.74 Å². The average molecular weight is 202 g/mol. The second kappa shape index (κ2) is 5.07. The van der Waals surface area contributed by atoms with Gasteiger partial charge in [0.25, 0.3) is 0 Å². The fraction of sp³-hybridized carbons (Fsp3) is 1.00. The highest BCUT2D eigenvalue weighted by molar-refractivity contribution is 4.85. The summed E-state index contributed by atoms with van der Waals surface area (Å²) in [6.07, 6.45) is -0.294. The molecule has 0 radical (unpaired) electrons. The number of likely N-dealkylation sites (N-methyl/N-ethyl adjacent to an activating group) is 1. The molecule has 1 rings (SSSR count). The molecule has 0 aromatic heterocycles. The second-order valence-corrected chi connectivity index (χ2v) is 4.52. The molecular formula is C10H22N2O2. The molecule has 1 aliphatic rings. The third kappa shape index (κ3) is 3.20. The minimum Gasteiger partial charge on any atom is -0.390 e. The zero-order valence-corrected chi connectivity index (χ0v) is 9.42. The van der Waals surface area contributed by atoms with Gasteiger partial charge in [0.05, 0.1) is 19.3 Å². The summed E-state index contributed by atoms with van der Waals surface area (Å²) in [7, 11) is 1.85. The van der Waals surface area contributed by atoms with Crippen LogP contribution in [0.15, 0.2) is 0 Å². The molecule has 0 bridgehead atoms. The Morgan fingerprint density at radius 2 is 2.29 bits per heavy atom. The van der Waals surface area contributed by atoms with Gasteiger partial charge in [-0.3, -0.25) is 4.90 Å². The van der Waals surface area contributed by atoms with Crippen molar-refractivity contribution >= 4 is 0 Å². The van der Waals surface area contributed by atoms with Gasteiger partial charge in [0.1, 0.15) is 0 Å². The normalized spacial score (nSPS) is 24.9. The predicted molar refractivity (Wildman–Crippen MR) is 56.4 cm³/mol. The molecule has 2 N–H and O–H groups in total. The molecule has 14 heavy (non-hydrogen) atoms. The number of ether oxygens (including phenoxy) is 1. The lowest BCUT2D eigenvalue weighted by Crippen LogP contribution is -2.55. The van der Waals surface area contributed by atoms with Crippen LogP contribution in [0, 0.1) is 0 Å². The van der Waals surface area contributed by atoms with Crippen LogP contribution in [0.2, 0.25) is 0 Å². The first-order valence-electron chi connectivity index (χ1n) is 5.22. The van der Waals surface area contributed by atoms with Gasteiger partial charge >= 0.3 is 0 Å². The van der Waals surface area contributed by atoms with Crippen molar-refractivity contribution in [1.29, 1.82) is 0 Å². The van der Waals surface area contributed by atoms with E-state index in [1.54, 1.807) is 0 Å². The molecule has 1 fully saturated rings. The van der Waals surface area contributed by atoms with Crippen molar-refractivity contribution in [3.63, 3.8) is 0 Å². The number of hydrogen-bond donors (Lipinski definition) is 2. The SMILES string of the molecule is CNCC(O)CN1CCOCC1(C)C. The molecular weight excluding hydrogens is 180 g/mol. The molecule has 0 spiro atoms. The van der Waals surface area contributed by atoms with Crippen LogP contribution in [0.5, 0.6) is 0 Å².